The van der Waals surface area contributed by atoms with Crippen LogP contribution in [-0.4, -0.2) is 13.2 Å². The smallest absolute Gasteiger partial charge is 0.123 e. The van der Waals surface area contributed by atoms with Crippen LogP contribution in [-0.2, 0) is 19.3 Å². The maximum absolute atomic E-state index is 5.90. The lowest BCUT2D eigenvalue weighted by Gasteiger charge is -2.11. The fraction of sp³-hybridized carbons (Fsp3) is 0.300. The highest BCUT2D eigenvalue weighted by atomic mass is 16.5. The molecule has 0 unspecified atom stereocenters. The fourth-order valence-corrected chi connectivity index (χ4v) is 3.82. The second kappa shape index (κ2) is 5.62. The van der Waals surface area contributed by atoms with Crippen molar-refractivity contribution in [2.75, 3.05) is 13.2 Å². The third kappa shape index (κ3) is 2.24. The van der Waals surface area contributed by atoms with Gasteiger partial charge in [0, 0.05) is 12.0 Å². The molecule has 112 valence electrons. The lowest BCUT2D eigenvalue weighted by Crippen LogP contribution is -2.02. The first kappa shape index (κ1) is 13.6. The van der Waals surface area contributed by atoms with Gasteiger partial charge in [0.2, 0.25) is 0 Å². The third-order valence-electron chi connectivity index (χ3n) is 4.75. The molecular formula is C20H21NO. The quantitative estimate of drug-likeness (QED) is 0.935. The zero-order valence-corrected chi connectivity index (χ0v) is 12.8. The van der Waals surface area contributed by atoms with E-state index in [9.17, 15) is 0 Å². The molecule has 2 aliphatic rings. The Balaban J connectivity index is 1.76. The first-order valence-electron chi connectivity index (χ1n) is 8.09. The third-order valence-corrected chi connectivity index (χ3v) is 4.75. The van der Waals surface area contributed by atoms with Gasteiger partial charge in [-0.25, -0.2) is 0 Å². The van der Waals surface area contributed by atoms with E-state index in [4.69, 9.17) is 10.5 Å². The molecule has 2 N–H and O–H groups in total. The summed E-state index contributed by atoms with van der Waals surface area (Å²) in [6.45, 7) is 1.52. The lowest BCUT2D eigenvalue weighted by molar-refractivity contribution is 0.357. The van der Waals surface area contributed by atoms with Crippen LogP contribution in [0.3, 0.4) is 0 Å². The molecule has 2 heteroatoms. The summed E-state index contributed by atoms with van der Waals surface area (Å²) < 4.78 is 5.75. The minimum absolute atomic E-state index is 0.706. The van der Waals surface area contributed by atoms with Crippen LogP contribution in [0.25, 0.3) is 5.57 Å². The molecule has 0 amide bonds. The van der Waals surface area contributed by atoms with Gasteiger partial charge in [0.05, 0.1) is 6.61 Å². The maximum Gasteiger partial charge on any atom is 0.123 e. The highest BCUT2D eigenvalue weighted by Crippen LogP contribution is 2.43. The van der Waals surface area contributed by atoms with Crippen molar-refractivity contribution in [3.8, 4) is 5.75 Å². The largest absolute Gasteiger partial charge is 0.493 e. The van der Waals surface area contributed by atoms with E-state index < -0.39 is 0 Å². The maximum atomic E-state index is 5.90. The van der Waals surface area contributed by atoms with E-state index in [0.29, 0.717) is 6.54 Å². The lowest BCUT2D eigenvalue weighted by atomic mass is 9.94. The molecule has 0 spiro atoms. The summed E-state index contributed by atoms with van der Waals surface area (Å²) in [6.07, 6.45) is 4.09. The highest BCUT2D eigenvalue weighted by Gasteiger charge is 2.27. The van der Waals surface area contributed by atoms with Crippen LogP contribution in [0.5, 0.6) is 5.75 Å². The average molecular weight is 291 g/mol. The van der Waals surface area contributed by atoms with Crippen molar-refractivity contribution in [1.82, 2.24) is 0 Å². The molecule has 2 aromatic rings. The number of fused-ring (bicyclic) bond motifs is 3. The van der Waals surface area contributed by atoms with Crippen LogP contribution in [0.4, 0.5) is 0 Å². The van der Waals surface area contributed by atoms with E-state index in [-0.39, 0.29) is 0 Å². The number of nitrogens with two attached hydrogens (primary N) is 1. The summed E-state index contributed by atoms with van der Waals surface area (Å²) >= 11 is 0. The molecule has 22 heavy (non-hydrogen) atoms. The van der Waals surface area contributed by atoms with Crippen molar-refractivity contribution in [2.24, 2.45) is 5.73 Å². The van der Waals surface area contributed by atoms with Gasteiger partial charge in [-0.2, -0.15) is 0 Å². The molecule has 0 saturated heterocycles. The monoisotopic (exact) mass is 291 g/mol. The van der Waals surface area contributed by atoms with Crippen molar-refractivity contribution in [3.63, 3.8) is 0 Å². The van der Waals surface area contributed by atoms with Crippen molar-refractivity contribution >= 4 is 5.57 Å². The Labute approximate surface area is 131 Å². The molecule has 0 bridgehead atoms. The molecule has 0 aromatic heterocycles. The van der Waals surface area contributed by atoms with Crippen LogP contribution >= 0.6 is 0 Å². The van der Waals surface area contributed by atoms with Crippen molar-refractivity contribution < 1.29 is 4.74 Å². The summed E-state index contributed by atoms with van der Waals surface area (Å²) in [7, 11) is 0. The molecule has 0 saturated carbocycles. The molecule has 0 atom stereocenters. The fourth-order valence-electron chi connectivity index (χ4n) is 3.82. The standard InChI is InChI=1S/C20H21NO/c21-10-8-17-16(12-14-4-2-1-3-5-14)13-15-6-7-19-18(20(15)17)9-11-22-19/h1-7H,8-13,21H2. The second-order valence-corrected chi connectivity index (χ2v) is 6.13. The highest BCUT2D eigenvalue weighted by molar-refractivity contribution is 5.81. The first-order valence-corrected chi connectivity index (χ1v) is 8.09. The zero-order chi connectivity index (χ0) is 14.9. The Morgan fingerprint density at radius 2 is 1.91 bits per heavy atom. The first-order chi connectivity index (χ1) is 10.9. The van der Waals surface area contributed by atoms with Gasteiger partial charge in [-0.15, -0.1) is 0 Å². The van der Waals surface area contributed by atoms with E-state index >= 15 is 0 Å². The predicted molar refractivity (Wildman–Crippen MR) is 90.1 cm³/mol. The van der Waals surface area contributed by atoms with Gasteiger partial charge in [0.25, 0.3) is 0 Å². The Morgan fingerprint density at radius 3 is 2.73 bits per heavy atom. The molecule has 1 heterocycles. The molecule has 0 radical (unpaired) electrons. The number of rotatable bonds is 4. The van der Waals surface area contributed by atoms with Gasteiger partial charge in [-0.1, -0.05) is 42.0 Å². The van der Waals surface area contributed by atoms with Gasteiger partial charge >= 0.3 is 0 Å². The van der Waals surface area contributed by atoms with Crippen LogP contribution in [0, 0.1) is 0 Å². The van der Waals surface area contributed by atoms with E-state index in [0.717, 1.165) is 38.0 Å². The molecule has 0 fully saturated rings. The van der Waals surface area contributed by atoms with Crippen LogP contribution < -0.4 is 10.5 Å². The van der Waals surface area contributed by atoms with Gasteiger partial charge in [-0.05, 0) is 54.1 Å². The summed E-state index contributed by atoms with van der Waals surface area (Å²) in [6, 6.07) is 15.1. The van der Waals surface area contributed by atoms with Gasteiger partial charge in [-0.3, -0.25) is 0 Å². The molecule has 2 aromatic carbocycles. The molecular weight excluding hydrogens is 270 g/mol. The summed E-state index contributed by atoms with van der Waals surface area (Å²) in [5.41, 5.74) is 14.6. The Morgan fingerprint density at radius 1 is 1.05 bits per heavy atom. The van der Waals surface area contributed by atoms with Crippen LogP contribution in [0.2, 0.25) is 0 Å². The Kier molecular flexibility index (Phi) is 3.47. The van der Waals surface area contributed by atoms with Crippen LogP contribution in [0.15, 0.2) is 48.0 Å². The Bertz CT molecular complexity index is 731. The van der Waals surface area contributed by atoms with Crippen molar-refractivity contribution in [3.05, 3.63) is 70.3 Å². The zero-order valence-electron chi connectivity index (χ0n) is 12.8. The van der Waals surface area contributed by atoms with E-state index in [2.05, 4.69) is 42.5 Å². The number of allylic oxidation sites excluding steroid dienone is 1. The number of benzene rings is 2. The van der Waals surface area contributed by atoms with Crippen molar-refractivity contribution in [1.29, 1.82) is 0 Å². The summed E-state index contributed by atoms with van der Waals surface area (Å²) in [5.74, 6) is 1.08. The number of hydrogen-bond donors (Lipinski definition) is 1. The van der Waals surface area contributed by atoms with E-state index in [1.165, 1.54) is 33.4 Å². The van der Waals surface area contributed by atoms with E-state index in [1.807, 2.05) is 0 Å². The Hall–Kier alpha value is -2.06. The SMILES string of the molecule is NCCC1=C(Cc2ccccc2)Cc2ccc3c(c21)CCO3. The van der Waals surface area contributed by atoms with Gasteiger partial charge in [0.1, 0.15) is 5.75 Å². The van der Waals surface area contributed by atoms with Gasteiger partial charge < -0.3 is 10.5 Å². The minimum Gasteiger partial charge on any atom is -0.493 e. The van der Waals surface area contributed by atoms with Crippen LogP contribution in [0.1, 0.15) is 28.7 Å². The van der Waals surface area contributed by atoms with Gasteiger partial charge in [0.15, 0.2) is 0 Å². The minimum atomic E-state index is 0.706. The molecule has 1 aliphatic heterocycles. The predicted octanol–water partition coefficient (Wildman–Crippen LogP) is 3.52. The number of hydrogen-bond acceptors (Lipinski definition) is 2. The van der Waals surface area contributed by atoms with Crippen molar-refractivity contribution in [2.45, 2.75) is 25.7 Å². The molecule has 4 rings (SSSR count). The summed E-state index contributed by atoms with van der Waals surface area (Å²) in [5, 5.41) is 0. The molecule has 2 nitrogen and oxygen atoms in total. The normalized spacial score (nSPS) is 15.7. The van der Waals surface area contributed by atoms with E-state index in [1.54, 1.807) is 0 Å². The molecule has 1 aliphatic carbocycles. The topological polar surface area (TPSA) is 35.2 Å². The second-order valence-electron chi connectivity index (χ2n) is 6.13. The summed E-state index contributed by atoms with van der Waals surface area (Å²) in [4.78, 5) is 0. The number of ether oxygens (including phenoxy) is 1. The average Bonchev–Trinajstić information content (AvgIpc) is 3.13.